The van der Waals surface area contributed by atoms with Gasteiger partial charge in [0, 0.05) is 28.7 Å². The van der Waals surface area contributed by atoms with E-state index in [9.17, 15) is 9.59 Å². The second-order valence-electron chi connectivity index (χ2n) is 9.04. The Balaban J connectivity index is 1.54. The summed E-state index contributed by atoms with van der Waals surface area (Å²) in [7, 11) is 0. The Labute approximate surface area is 203 Å². The summed E-state index contributed by atoms with van der Waals surface area (Å²) in [6.45, 7) is 6.78. The molecule has 1 aliphatic rings. The van der Waals surface area contributed by atoms with Crippen LogP contribution in [0.15, 0.2) is 44.6 Å². The van der Waals surface area contributed by atoms with E-state index in [4.69, 9.17) is 11.6 Å². The largest absolute Gasteiger partial charge is 0.439 e. The molecule has 1 aromatic carbocycles. The number of pyridine rings is 2. The fourth-order valence-corrected chi connectivity index (χ4v) is 5.16. The van der Waals surface area contributed by atoms with E-state index in [1.807, 2.05) is 35.4 Å². The summed E-state index contributed by atoms with van der Waals surface area (Å²) in [5, 5.41) is 14.6. The number of aromatic nitrogens is 6. The SMILES string of the molecule is Cc1cc(C(C)Nc2ccc(Cl)nc2-c2noc(=O)[nH]2)c2c(c1)c(=O)n1c3c2cnn3C(C)CC1. The lowest BCUT2D eigenvalue weighted by molar-refractivity contribution is 0.388. The summed E-state index contributed by atoms with van der Waals surface area (Å²) in [6.07, 6.45) is 2.72. The van der Waals surface area contributed by atoms with Crippen molar-refractivity contribution >= 4 is 39.1 Å². The normalized spacial score (nSPS) is 16.2. The molecule has 0 aliphatic carbocycles. The summed E-state index contributed by atoms with van der Waals surface area (Å²) < 4.78 is 8.45. The van der Waals surface area contributed by atoms with E-state index in [2.05, 4.69) is 43.1 Å². The van der Waals surface area contributed by atoms with Crippen LogP contribution in [0.3, 0.4) is 0 Å². The molecular formula is C24H22ClN7O3. The number of nitrogens with one attached hydrogen (secondary N) is 2. The number of anilines is 1. The average molecular weight is 492 g/mol. The van der Waals surface area contributed by atoms with Crippen LogP contribution < -0.4 is 16.6 Å². The molecule has 0 spiro atoms. The van der Waals surface area contributed by atoms with Gasteiger partial charge in [0.25, 0.3) is 5.56 Å². The van der Waals surface area contributed by atoms with Gasteiger partial charge >= 0.3 is 5.76 Å². The fraction of sp³-hybridized carbons (Fsp3) is 0.292. The van der Waals surface area contributed by atoms with E-state index in [-0.39, 0.29) is 28.6 Å². The third kappa shape index (κ3) is 3.35. The molecule has 178 valence electrons. The van der Waals surface area contributed by atoms with Crippen LogP contribution in [-0.4, -0.2) is 29.5 Å². The molecule has 0 fully saturated rings. The number of aromatic amines is 1. The first-order valence-electron chi connectivity index (χ1n) is 11.4. The predicted molar refractivity (Wildman–Crippen MR) is 133 cm³/mol. The maximum atomic E-state index is 13.6. The lowest BCUT2D eigenvalue weighted by Gasteiger charge is -2.24. The van der Waals surface area contributed by atoms with Crippen LogP contribution in [0.1, 0.15) is 43.5 Å². The van der Waals surface area contributed by atoms with Gasteiger partial charge in [-0.3, -0.25) is 18.9 Å². The van der Waals surface area contributed by atoms with Crippen LogP contribution in [0.2, 0.25) is 5.15 Å². The zero-order valence-corrected chi connectivity index (χ0v) is 20.1. The summed E-state index contributed by atoms with van der Waals surface area (Å²) in [5.74, 6) is -0.513. The van der Waals surface area contributed by atoms with Gasteiger partial charge in [-0.1, -0.05) is 22.8 Å². The van der Waals surface area contributed by atoms with Crippen molar-refractivity contribution in [2.24, 2.45) is 0 Å². The van der Waals surface area contributed by atoms with Crippen molar-refractivity contribution in [3.63, 3.8) is 0 Å². The van der Waals surface area contributed by atoms with Crippen LogP contribution in [0.4, 0.5) is 5.69 Å². The van der Waals surface area contributed by atoms with E-state index in [1.165, 1.54) is 0 Å². The number of nitrogens with zero attached hydrogens (tertiary/aromatic N) is 5. The van der Waals surface area contributed by atoms with Crippen LogP contribution in [0, 0.1) is 6.92 Å². The zero-order valence-electron chi connectivity index (χ0n) is 19.3. The first-order valence-corrected chi connectivity index (χ1v) is 11.7. The monoisotopic (exact) mass is 491 g/mol. The minimum Gasteiger partial charge on any atom is -0.377 e. The van der Waals surface area contributed by atoms with Gasteiger partial charge in [0.1, 0.15) is 16.5 Å². The van der Waals surface area contributed by atoms with Crippen molar-refractivity contribution in [2.45, 2.75) is 45.8 Å². The van der Waals surface area contributed by atoms with Gasteiger partial charge in [0.05, 0.1) is 17.9 Å². The van der Waals surface area contributed by atoms with E-state index >= 15 is 0 Å². The number of halogens is 1. The molecule has 0 saturated carbocycles. The molecule has 1 aliphatic heterocycles. The Kier molecular flexibility index (Phi) is 4.82. The third-order valence-corrected chi connectivity index (χ3v) is 6.85. The van der Waals surface area contributed by atoms with Gasteiger partial charge < -0.3 is 5.32 Å². The van der Waals surface area contributed by atoms with E-state index in [0.717, 1.165) is 34.0 Å². The van der Waals surface area contributed by atoms with E-state index in [1.54, 1.807) is 12.1 Å². The molecule has 11 heteroatoms. The summed E-state index contributed by atoms with van der Waals surface area (Å²) in [4.78, 5) is 31.9. The average Bonchev–Trinajstić information content (AvgIpc) is 3.46. The molecule has 0 bridgehead atoms. The molecule has 0 amide bonds. The van der Waals surface area contributed by atoms with Gasteiger partial charge in [-0.25, -0.2) is 14.5 Å². The number of hydrogen-bond donors (Lipinski definition) is 2. The van der Waals surface area contributed by atoms with Gasteiger partial charge in [-0.2, -0.15) is 5.10 Å². The molecule has 2 atom stereocenters. The zero-order chi connectivity index (χ0) is 24.4. The van der Waals surface area contributed by atoms with Crippen molar-refractivity contribution < 1.29 is 4.52 Å². The molecule has 35 heavy (non-hydrogen) atoms. The first kappa shape index (κ1) is 21.6. The quantitative estimate of drug-likeness (QED) is 0.361. The molecule has 6 rings (SSSR count). The molecule has 10 nitrogen and oxygen atoms in total. The van der Waals surface area contributed by atoms with Crippen molar-refractivity contribution in [3.8, 4) is 11.5 Å². The molecule has 5 heterocycles. The van der Waals surface area contributed by atoms with Crippen LogP contribution >= 0.6 is 11.6 Å². The Morgan fingerprint density at radius 3 is 2.86 bits per heavy atom. The highest BCUT2D eigenvalue weighted by Crippen LogP contribution is 2.36. The van der Waals surface area contributed by atoms with E-state index < -0.39 is 5.76 Å². The Morgan fingerprint density at radius 1 is 1.26 bits per heavy atom. The summed E-state index contributed by atoms with van der Waals surface area (Å²) >= 11 is 6.12. The van der Waals surface area contributed by atoms with E-state index in [0.29, 0.717) is 23.3 Å². The standard InChI is InChI=1S/C24H22ClN7O3/c1-11-8-14(13(3)27-17-4-5-18(25)28-20(17)21-29-24(34)35-30-21)19-15(9-11)23(33)31-7-6-12(2)32-22(31)16(19)10-26-32/h4-5,8-10,12-13,27H,6-7H2,1-3H3,(H,29,30,34). The van der Waals surface area contributed by atoms with Gasteiger partial charge in [-0.15, -0.1) is 0 Å². The number of benzene rings is 1. The Hall–Kier alpha value is -3.92. The van der Waals surface area contributed by atoms with Crippen molar-refractivity contribution in [1.29, 1.82) is 0 Å². The summed E-state index contributed by atoms with van der Waals surface area (Å²) in [6, 6.07) is 7.44. The highest BCUT2D eigenvalue weighted by atomic mass is 35.5. The minimum atomic E-state index is -0.684. The number of rotatable bonds is 4. The predicted octanol–water partition coefficient (Wildman–Crippen LogP) is 4.19. The number of aryl methyl sites for hydroxylation is 2. The van der Waals surface area contributed by atoms with Gasteiger partial charge in [-0.05, 0) is 56.5 Å². The molecular weight excluding hydrogens is 470 g/mol. The lowest BCUT2D eigenvalue weighted by atomic mass is 9.95. The second kappa shape index (κ2) is 7.81. The smallest absolute Gasteiger partial charge is 0.377 e. The maximum absolute atomic E-state index is 13.6. The highest BCUT2D eigenvalue weighted by molar-refractivity contribution is 6.29. The van der Waals surface area contributed by atoms with Gasteiger partial charge in [0.15, 0.2) is 0 Å². The molecule has 0 saturated heterocycles. The molecule has 2 unspecified atom stereocenters. The topological polar surface area (TPSA) is 124 Å². The third-order valence-electron chi connectivity index (χ3n) is 6.64. The Morgan fingerprint density at radius 2 is 2.09 bits per heavy atom. The van der Waals surface area contributed by atoms with Crippen molar-refractivity contribution in [3.05, 3.63) is 67.6 Å². The summed E-state index contributed by atoms with van der Waals surface area (Å²) in [5.41, 5.74) is 3.75. The van der Waals surface area contributed by atoms with Crippen molar-refractivity contribution in [1.82, 2.24) is 29.5 Å². The van der Waals surface area contributed by atoms with Gasteiger partial charge in [0.2, 0.25) is 5.82 Å². The fourth-order valence-electron chi connectivity index (χ4n) is 5.01. The van der Waals surface area contributed by atoms with Crippen LogP contribution in [0.25, 0.3) is 33.3 Å². The Bertz CT molecular complexity index is 1750. The molecule has 0 radical (unpaired) electrons. The van der Waals surface area contributed by atoms with Crippen molar-refractivity contribution in [2.75, 3.05) is 5.32 Å². The number of fused-ring (bicyclic) bond motifs is 2. The highest BCUT2D eigenvalue weighted by Gasteiger charge is 2.25. The number of H-pyrrole nitrogens is 1. The lowest BCUT2D eigenvalue weighted by Crippen LogP contribution is -2.29. The molecule has 5 aromatic rings. The maximum Gasteiger partial charge on any atom is 0.439 e. The second-order valence-corrected chi connectivity index (χ2v) is 9.42. The molecule has 4 aromatic heterocycles. The van der Waals surface area contributed by atoms with Crippen LogP contribution in [-0.2, 0) is 6.54 Å². The first-order chi connectivity index (χ1) is 16.8. The number of hydrogen-bond acceptors (Lipinski definition) is 7. The van der Waals surface area contributed by atoms with Crippen LogP contribution in [0.5, 0.6) is 0 Å². The molecule has 2 N–H and O–H groups in total. The minimum absolute atomic E-state index is 0.00711.